The van der Waals surface area contributed by atoms with Crippen molar-refractivity contribution >= 4 is 0 Å². The molecule has 0 heterocycles. The highest BCUT2D eigenvalue weighted by Crippen LogP contribution is 2.19. The molecule has 0 bridgehead atoms. The second-order valence-electron chi connectivity index (χ2n) is 4.56. The molecule has 1 aliphatic rings. The summed E-state index contributed by atoms with van der Waals surface area (Å²) in [5.74, 6) is 0. The molecule has 1 fully saturated rings. The van der Waals surface area contributed by atoms with Gasteiger partial charge in [-0.15, -0.1) is 0 Å². The van der Waals surface area contributed by atoms with Gasteiger partial charge in [0.15, 0.2) is 0 Å². The number of hydrogen-bond acceptors (Lipinski definition) is 3. The summed E-state index contributed by atoms with van der Waals surface area (Å²) in [6.07, 6.45) is 4.00. The van der Waals surface area contributed by atoms with Crippen LogP contribution in [0.2, 0.25) is 0 Å². The normalized spacial score (nSPS) is 32.3. The van der Waals surface area contributed by atoms with Gasteiger partial charge in [0.1, 0.15) is 0 Å². The molecule has 0 aromatic rings. The van der Waals surface area contributed by atoms with Crippen LogP contribution in [0.4, 0.5) is 0 Å². The molecular weight excluding hydrogens is 164 g/mol. The molecule has 1 saturated carbocycles. The van der Waals surface area contributed by atoms with Gasteiger partial charge in [0.25, 0.3) is 0 Å². The van der Waals surface area contributed by atoms with Crippen molar-refractivity contribution in [3.05, 3.63) is 0 Å². The lowest BCUT2D eigenvalue weighted by molar-refractivity contribution is 0.0429. The van der Waals surface area contributed by atoms with Crippen molar-refractivity contribution in [3.8, 4) is 0 Å². The lowest BCUT2D eigenvalue weighted by Crippen LogP contribution is -2.52. The Morgan fingerprint density at radius 3 is 2.62 bits per heavy atom. The largest absolute Gasteiger partial charge is 0.389 e. The lowest BCUT2D eigenvalue weighted by Gasteiger charge is -2.35. The van der Waals surface area contributed by atoms with Crippen LogP contribution in [0.5, 0.6) is 0 Å². The van der Waals surface area contributed by atoms with E-state index in [2.05, 4.69) is 12.2 Å². The Hall–Kier alpha value is -0.120. The van der Waals surface area contributed by atoms with E-state index < -0.39 is 5.60 Å². The first-order valence-corrected chi connectivity index (χ1v) is 5.25. The van der Waals surface area contributed by atoms with Gasteiger partial charge in [-0.05, 0) is 26.2 Å². The van der Waals surface area contributed by atoms with Crippen molar-refractivity contribution in [2.75, 3.05) is 6.54 Å². The van der Waals surface area contributed by atoms with Crippen LogP contribution in [-0.4, -0.2) is 29.3 Å². The summed E-state index contributed by atoms with van der Waals surface area (Å²) in [4.78, 5) is 0. The Morgan fingerprint density at radius 1 is 1.54 bits per heavy atom. The average molecular weight is 186 g/mol. The SMILES string of the molecule is CCCC(C)(O)CNC1CC(N)C1. The zero-order valence-corrected chi connectivity index (χ0v) is 8.71. The third-order valence-corrected chi connectivity index (χ3v) is 2.73. The van der Waals surface area contributed by atoms with Crippen LogP contribution in [0.1, 0.15) is 39.5 Å². The summed E-state index contributed by atoms with van der Waals surface area (Å²) in [7, 11) is 0. The van der Waals surface area contributed by atoms with E-state index in [1.54, 1.807) is 0 Å². The minimum Gasteiger partial charge on any atom is -0.389 e. The van der Waals surface area contributed by atoms with Gasteiger partial charge in [-0.3, -0.25) is 0 Å². The Kier molecular flexibility index (Phi) is 3.71. The molecule has 1 unspecified atom stereocenters. The van der Waals surface area contributed by atoms with Crippen LogP contribution in [0, 0.1) is 0 Å². The topological polar surface area (TPSA) is 58.3 Å². The standard InChI is InChI=1S/C10H22N2O/c1-3-4-10(2,13)7-12-9-5-8(11)6-9/h8-9,12-13H,3-7,11H2,1-2H3. The summed E-state index contributed by atoms with van der Waals surface area (Å²) < 4.78 is 0. The third kappa shape index (κ3) is 3.63. The highest BCUT2D eigenvalue weighted by molar-refractivity contribution is 4.89. The Morgan fingerprint density at radius 2 is 2.15 bits per heavy atom. The van der Waals surface area contributed by atoms with E-state index in [-0.39, 0.29) is 0 Å². The van der Waals surface area contributed by atoms with E-state index in [1.165, 1.54) is 0 Å². The molecular formula is C10H22N2O. The maximum Gasteiger partial charge on any atom is 0.0743 e. The minimum atomic E-state index is -0.547. The summed E-state index contributed by atoms with van der Waals surface area (Å²) in [6, 6.07) is 0.923. The van der Waals surface area contributed by atoms with Crippen LogP contribution in [0.15, 0.2) is 0 Å². The smallest absolute Gasteiger partial charge is 0.0743 e. The molecule has 0 amide bonds. The number of nitrogens with two attached hydrogens (primary N) is 1. The molecule has 4 N–H and O–H groups in total. The molecule has 1 atom stereocenters. The van der Waals surface area contributed by atoms with Crippen LogP contribution >= 0.6 is 0 Å². The number of aliphatic hydroxyl groups is 1. The van der Waals surface area contributed by atoms with Gasteiger partial charge < -0.3 is 16.2 Å². The number of rotatable bonds is 5. The maximum atomic E-state index is 9.86. The molecule has 0 spiro atoms. The second kappa shape index (κ2) is 4.40. The van der Waals surface area contributed by atoms with Crippen molar-refractivity contribution in [2.45, 2.75) is 57.2 Å². The first-order valence-electron chi connectivity index (χ1n) is 5.25. The first kappa shape index (κ1) is 11.0. The third-order valence-electron chi connectivity index (χ3n) is 2.73. The molecule has 0 aromatic carbocycles. The molecule has 1 rings (SSSR count). The van der Waals surface area contributed by atoms with Crippen molar-refractivity contribution in [1.29, 1.82) is 0 Å². The lowest BCUT2D eigenvalue weighted by atomic mass is 9.87. The molecule has 0 radical (unpaired) electrons. The zero-order valence-electron chi connectivity index (χ0n) is 8.71. The maximum absolute atomic E-state index is 9.86. The van der Waals surface area contributed by atoms with Crippen molar-refractivity contribution < 1.29 is 5.11 Å². The van der Waals surface area contributed by atoms with Crippen molar-refractivity contribution in [3.63, 3.8) is 0 Å². The highest BCUT2D eigenvalue weighted by Gasteiger charge is 2.28. The summed E-state index contributed by atoms with van der Waals surface area (Å²) in [5.41, 5.74) is 5.12. The van der Waals surface area contributed by atoms with E-state index in [0.717, 1.165) is 25.7 Å². The molecule has 0 saturated heterocycles. The summed E-state index contributed by atoms with van der Waals surface area (Å²) in [5, 5.41) is 13.2. The molecule has 13 heavy (non-hydrogen) atoms. The van der Waals surface area contributed by atoms with Gasteiger partial charge in [-0.2, -0.15) is 0 Å². The fourth-order valence-corrected chi connectivity index (χ4v) is 1.82. The fourth-order valence-electron chi connectivity index (χ4n) is 1.82. The predicted octanol–water partition coefficient (Wildman–Crippen LogP) is 0.617. The fraction of sp³-hybridized carbons (Fsp3) is 1.00. The Balaban J connectivity index is 2.10. The highest BCUT2D eigenvalue weighted by atomic mass is 16.3. The second-order valence-corrected chi connectivity index (χ2v) is 4.56. The molecule has 0 aliphatic heterocycles. The van der Waals surface area contributed by atoms with E-state index in [4.69, 9.17) is 5.73 Å². The molecule has 0 aromatic heterocycles. The van der Waals surface area contributed by atoms with E-state index in [1.807, 2.05) is 6.92 Å². The van der Waals surface area contributed by atoms with E-state index in [0.29, 0.717) is 18.6 Å². The van der Waals surface area contributed by atoms with E-state index >= 15 is 0 Å². The monoisotopic (exact) mass is 186 g/mol. The van der Waals surface area contributed by atoms with Gasteiger partial charge >= 0.3 is 0 Å². The van der Waals surface area contributed by atoms with Crippen LogP contribution in [0.3, 0.4) is 0 Å². The summed E-state index contributed by atoms with van der Waals surface area (Å²) in [6.45, 7) is 4.67. The Bertz CT molecular complexity index is 153. The molecule has 78 valence electrons. The van der Waals surface area contributed by atoms with Gasteiger partial charge in [-0.25, -0.2) is 0 Å². The van der Waals surface area contributed by atoms with Crippen molar-refractivity contribution in [2.24, 2.45) is 5.73 Å². The molecule has 3 heteroatoms. The van der Waals surface area contributed by atoms with Gasteiger partial charge in [0.2, 0.25) is 0 Å². The van der Waals surface area contributed by atoms with Gasteiger partial charge in [0, 0.05) is 18.6 Å². The first-order chi connectivity index (χ1) is 6.03. The van der Waals surface area contributed by atoms with Crippen molar-refractivity contribution in [1.82, 2.24) is 5.32 Å². The van der Waals surface area contributed by atoms with Crippen LogP contribution < -0.4 is 11.1 Å². The molecule has 1 aliphatic carbocycles. The summed E-state index contributed by atoms with van der Waals surface area (Å²) >= 11 is 0. The predicted molar refractivity (Wildman–Crippen MR) is 54.5 cm³/mol. The van der Waals surface area contributed by atoms with E-state index in [9.17, 15) is 5.11 Å². The Labute approximate surface area is 80.7 Å². The number of nitrogens with one attached hydrogen (secondary N) is 1. The zero-order chi connectivity index (χ0) is 9.90. The van der Waals surface area contributed by atoms with Gasteiger partial charge in [-0.1, -0.05) is 13.3 Å². The van der Waals surface area contributed by atoms with Crippen LogP contribution in [0.25, 0.3) is 0 Å². The van der Waals surface area contributed by atoms with Gasteiger partial charge in [0.05, 0.1) is 5.60 Å². The average Bonchev–Trinajstić information content (AvgIpc) is 1.96. The molecule has 3 nitrogen and oxygen atoms in total. The minimum absolute atomic E-state index is 0.383. The van der Waals surface area contributed by atoms with Crippen LogP contribution in [-0.2, 0) is 0 Å². The number of hydrogen-bond donors (Lipinski definition) is 3. The quantitative estimate of drug-likeness (QED) is 0.590.